The van der Waals surface area contributed by atoms with Gasteiger partial charge in [-0.05, 0) is 24.3 Å². The quantitative estimate of drug-likeness (QED) is 0.458. The summed E-state index contributed by atoms with van der Waals surface area (Å²) in [4.78, 5) is 22.7. The number of para-hydroxylation sites is 1. The van der Waals surface area contributed by atoms with E-state index in [2.05, 4.69) is 11.0 Å². The van der Waals surface area contributed by atoms with Crippen molar-refractivity contribution in [1.82, 2.24) is 9.88 Å². The first-order chi connectivity index (χ1) is 14.7. The van der Waals surface area contributed by atoms with Gasteiger partial charge in [0, 0.05) is 48.9 Å². The highest BCUT2D eigenvalue weighted by Gasteiger charge is 2.28. The molecule has 5 rings (SSSR count). The predicted octanol–water partition coefficient (Wildman–Crippen LogP) is 4.76. The van der Waals surface area contributed by atoms with Crippen LogP contribution < -0.4 is 4.90 Å². The number of aromatic nitrogens is 1. The van der Waals surface area contributed by atoms with Crippen molar-refractivity contribution in [2.24, 2.45) is 0 Å². The van der Waals surface area contributed by atoms with Crippen molar-refractivity contribution >= 4 is 54.0 Å². The van der Waals surface area contributed by atoms with Crippen LogP contribution in [0.1, 0.15) is 15.2 Å². The molecule has 2 aromatic heterocycles. The number of methoxy groups -OCH3 is 1. The van der Waals surface area contributed by atoms with Crippen LogP contribution in [0.4, 0.5) is 9.52 Å². The Kier molecular flexibility index (Phi) is 5.14. The van der Waals surface area contributed by atoms with Crippen LogP contribution in [0.5, 0.6) is 0 Å². The number of nitrogens with zero attached hydrogens (tertiary/aromatic N) is 3. The summed E-state index contributed by atoms with van der Waals surface area (Å²) in [5.41, 5.74) is 1.65. The Morgan fingerprint density at radius 1 is 1.07 bits per heavy atom. The van der Waals surface area contributed by atoms with Crippen LogP contribution >= 0.6 is 22.7 Å². The lowest BCUT2D eigenvalue weighted by Gasteiger charge is -2.34. The number of rotatable bonds is 4. The SMILES string of the molecule is COCc1c(C(=O)N2CCN(c3nc4ccccc4s3)CC2)sc2cccc(F)c12. The largest absolute Gasteiger partial charge is 0.380 e. The molecule has 1 amide bonds. The molecule has 0 saturated carbocycles. The van der Waals surface area contributed by atoms with E-state index in [1.807, 2.05) is 29.2 Å². The molecule has 8 heteroatoms. The minimum absolute atomic E-state index is 0.0494. The fourth-order valence-electron chi connectivity index (χ4n) is 3.86. The summed E-state index contributed by atoms with van der Waals surface area (Å²) in [6, 6.07) is 13.1. The molecule has 1 fully saturated rings. The number of halogens is 1. The Balaban J connectivity index is 1.37. The van der Waals surface area contributed by atoms with E-state index in [0.29, 0.717) is 28.9 Å². The van der Waals surface area contributed by atoms with Crippen LogP contribution in [-0.4, -0.2) is 49.1 Å². The summed E-state index contributed by atoms with van der Waals surface area (Å²) in [5, 5.41) is 1.49. The predicted molar refractivity (Wildman–Crippen MR) is 120 cm³/mol. The molecule has 2 aromatic carbocycles. The van der Waals surface area contributed by atoms with Gasteiger partial charge in [-0.25, -0.2) is 9.37 Å². The molecule has 1 aliphatic heterocycles. The summed E-state index contributed by atoms with van der Waals surface area (Å²) in [6.45, 7) is 2.89. The highest BCUT2D eigenvalue weighted by Crippen LogP contribution is 2.35. The molecule has 30 heavy (non-hydrogen) atoms. The Hall–Kier alpha value is -2.55. The van der Waals surface area contributed by atoms with E-state index in [-0.39, 0.29) is 18.3 Å². The third-order valence-electron chi connectivity index (χ3n) is 5.37. The highest BCUT2D eigenvalue weighted by molar-refractivity contribution is 7.22. The highest BCUT2D eigenvalue weighted by atomic mass is 32.1. The summed E-state index contributed by atoms with van der Waals surface area (Å²) in [6.07, 6.45) is 0. The van der Waals surface area contributed by atoms with Crippen LogP contribution in [0.3, 0.4) is 0 Å². The van der Waals surface area contributed by atoms with Gasteiger partial charge >= 0.3 is 0 Å². The van der Waals surface area contributed by atoms with E-state index in [0.717, 1.165) is 28.4 Å². The molecule has 0 radical (unpaired) electrons. The maximum Gasteiger partial charge on any atom is 0.264 e. The van der Waals surface area contributed by atoms with Crippen molar-refractivity contribution < 1.29 is 13.9 Å². The second kappa shape index (κ2) is 7.94. The second-order valence-electron chi connectivity index (χ2n) is 7.20. The molecule has 0 unspecified atom stereocenters. The first-order valence-corrected chi connectivity index (χ1v) is 11.4. The molecule has 0 N–H and O–H groups in total. The van der Waals surface area contributed by atoms with Gasteiger partial charge in [-0.1, -0.05) is 29.5 Å². The van der Waals surface area contributed by atoms with Gasteiger partial charge in [0.1, 0.15) is 5.82 Å². The Morgan fingerprint density at radius 2 is 1.83 bits per heavy atom. The fraction of sp³-hybridized carbons (Fsp3) is 0.273. The number of ether oxygens (including phenoxy) is 1. The van der Waals surface area contributed by atoms with Gasteiger partial charge in [-0.2, -0.15) is 0 Å². The van der Waals surface area contributed by atoms with E-state index >= 15 is 0 Å². The summed E-state index contributed by atoms with van der Waals surface area (Å²) < 4.78 is 21.7. The average molecular weight is 442 g/mol. The minimum Gasteiger partial charge on any atom is -0.380 e. The first-order valence-electron chi connectivity index (χ1n) is 9.74. The Morgan fingerprint density at radius 3 is 2.60 bits per heavy atom. The molecule has 154 valence electrons. The van der Waals surface area contributed by atoms with E-state index in [1.165, 1.54) is 22.1 Å². The number of carbonyl (C=O) groups is 1. The van der Waals surface area contributed by atoms with Gasteiger partial charge in [0.15, 0.2) is 5.13 Å². The van der Waals surface area contributed by atoms with Gasteiger partial charge < -0.3 is 14.5 Å². The molecule has 0 aliphatic carbocycles. The normalized spacial score (nSPS) is 14.7. The Labute approximate surface area is 181 Å². The molecule has 4 aromatic rings. The van der Waals surface area contributed by atoms with Gasteiger partial charge in [0.05, 0.1) is 21.7 Å². The van der Waals surface area contributed by atoms with Crippen molar-refractivity contribution in [3.8, 4) is 0 Å². The number of fused-ring (bicyclic) bond motifs is 2. The number of benzene rings is 2. The van der Waals surface area contributed by atoms with Crippen LogP contribution in [0.15, 0.2) is 42.5 Å². The van der Waals surface area contributed by atoms with Crippen molar-refractivity contribution in [2.75, 3.05) is 38.2 Å². The van der Waals surface area contributed by atoms with Crippen molar-refractivity contribution in [2.45, 2.75) is 6.61 Å². The van der Waals surface area contributed by atoms with Gasteiger partial charge in [-0.3, -0.25) is 4.79 Å². The van der Waals surface area contributed by atoms with E-state index < -0.39 is 0 Å². The maximum atomic E-state index is 14.4. The van der Waals surface area contributed by atoms with Gasteiger partial charge in [0.25, 0.3) is 5.91 Å². The van der Waals surface area contributed by atoms with Gasteiger partial charge in [-0.15, -0.1) is 11.3 Å². The molecular weight excluding hydrogens is 421 g/mol. The molecule has 1 saturated heterocycles. The molecule has 0 spiro atoms. The van der Waals surface area contributed by atoms with Crippen LogP contribution in [0.25, 0.3) is 20.3 Å². The average Bonchev–Trinajstić information content (AvgIpc) is 3.36. The third kappa shape index (κ3) is 3.34. The number of hydrogen-bond acceptors (Lipinski definition) is 6. The van der Waals surface area contributed by atoms with E-state index in [9.17, 15) is 9.18 Å². The van der Waals surface area contributed by atoms with Crippen molar-refractivity contribution in [3.05, 3.63) is 58.7 Å². The van der Waals surface area contributed by atoms with Gasteiger partial charge in [0.2, 0.25) is 0 Å². The van der Waals surface area contributed by atoms with E-state index in [1.54, 1.807) is 24.5 Å². The summed E-state index contributed by atoms with van der Waals surface area (Å²) in [5.74, 6) is -0.359. The minimum atomic E-state index is -0.310. The maximum absolute atomic E-state index is 14.4. The number of thiophene rings is 1. The molecule has 3 heterocycles. The zero-order valence-electron chi connectivity index (χ0n) is 16.4. The lowest BCUT2D eigenvalue weighted by molar-refractivity contribution is 0.0747. The van der Waals surface area contributed by atoms with E-state index in [4.69, 9.17) is 9.72 Å². The van der Waals surface area contributed by atoms with Crippen molar-refractivity contribution in [1.29, 1.82) is 0 Å². The smallest absolute Gasteiger partial charge is 0.264 e. The van der Waals surface area contributed by atoms with Crippen LogP contribution in [-0.2, 0) is 11.3 Å². The molecule has 1 aliphatic rings. The standard InChI is InChI=1S/C22H20FN3O2S2/c1-28-13-14-19-15(23)5-4-8-18(19)29-20(14)21(27)25-9-11-26(12-10-25)22-24-16-6-2-3-7-17(16)30-22/h2-8H,9-13H2,1H3. The molecular formula is C22H20FN3O2S2. The van der Waals surface area contributed by atoms with Crippen LogP contribution in [0, 0.1) is 5.82 Å². The topological polar surface area (TPSA) is 45.7 Å². The zero-order valence-corrected chi connectivity index (χ0v) is 18.1. The summed E-state index contributed by atoms with van der Waals surface area (Å²) in [7, 11) is 1.56. The lowest BCUT2D eigenvalue weighted by atomic mass is 10.1. The number of carbonyl (C=O) groups excluding carboxylic acids is 1. The number of anilines is 1. The number of thiazole rings is 1. The third-order valence-corrected chi connectivity index (χ3v) is 7.65. The second-order valence-corrected chi connectivity index (χ2v) is 9.26. The summed E-state index contributed by atoms with van der Waals surface area (Å²) >= 11 is 3.02. The number of hydrogen-bond donors (Lipinski definition) is 0. The fourth-order valence-corrected chi connectivity index (χ4v) is 6.07. The molecule has 0 bridgehead atoms. The molecule has 0 atom stereocenters. The monoisotopic (exact) mass is 441 g/mol. The number of piperazine rings is 1. The number of amides is 1. The molecule has 5 nitrogen and oxygen atoms in total. The van der Waals surface area contributed by atoms with Crippen molar-refractivity contribution in [3.63, 3.8) is 0 Å². The van der Waals surface area contributed by atoms with Crippen LogP contribution in [0.2, 0.25) is 0 Å². The zero-order chi connectivity index (χ0) is 20.7. The first kappa shape index (κ1) is 19.4. The lowest BCUT2D eigenvalue weighted by Crippen LogP contribution is -2.48. The Bertz CT molecular complexity index is 1190.